The number of carboxylic acid groups (broad SMARTS) is 1. The first-order chi connectivity index (χ1) is 14.0. The summed E-state index contributed by atoms with van der Waals surface area (Å²) in [6.45, 7) is 3.28. The SMILES string of the molecule is CCOC(=O)COc1ccc2ccccc2c1/C=C(\Sc1nnc(C)o1)C(=O)O. The average Bonchev–Trinajstić information content (AvgIpc) is 3.11. The van der Waals surface area contributed by atoms with E-state index in [0.29, 0.717) is 17.2 Å². The number of aryl methyl sites for hydroxylation is 1. The lowest BCUT2D eigenvalue weighted by atomic mass is 10.0. The molecule has 0 spiro atoms. The fourth-order valence-corrected chi connectivity index (χ4v) is 3.27. The van der Waals surface area contributed by atoms with E-state index in [2.05, 4.69) is 10.2 Å². The topological polar surface area (TPSA) is 112 Å². The van der Waals surface area contributed by atoms with Gasteiger partial charge in [-0.3, -0.25) is 0 Å². The molecule has 9 heteroatoms. The Labute approximate surface area is 170 Å². The van der Waals surface area contributed by atoms with Crippen LogP contribution in [0.5, 0.6) is 5.75 Å². The largest absolute Gasteiger partial charge is 0.481 e. The molecule has 0 unspecified atom stereocenters. The van der Waals surface area contributed by atoms with Crippen molar-refractivity contribution in [3.63, 3.8) is 0 Å². The van der Waals surface area contributed by atoms with Crippen LogP contribution in [0.15, 0.2) is 50.9 Å². The summed E-state index contributed by atoms with van der Waals surface area (Å²) in [5.74, 6) is -0.974. The van der Waals surface area contributed by atoms with E-state index in [9.17, 15) is 14.7 Å². The summed E-state index contributed by atoms with van der Waals surface area (Å²) >= 11 is 0.836. The van der Waals surface area contributed by atoms with Crippen LogP contribution in [0.4, 0.5) is 0 Å². The number of fused-ring (bicyclic) bond motifs is 1. The average molecular weight is 414 g/mol. The summed E-state index contributed by atoms with van der Waals surface area (Å²) in [6, 6.07) is 11.0. The number of aliphatic carboxylic acids is 1. The zero-order valence-electron chi connectivity index (χ0n) is 15.7. The molecule has 1 heterocycles. The second kappa shape index (κ2) is 9.24. The van der Waals surface area contributed by atoms with Crippen LogP contribution in [0.25, 0.3) is 16.8 Å². The van der Waals surface area contributed by atoms with Gasteiger partial charge in [0.25, 0.3) is 5.22 Å². The maximum absolute atomic E-state index is 11.8. The van der Waals surface area contributed by atoms with E-state index in [0.717, 1.165) is 22.5 Å². The van der Waals surface area contributed by atoms with Crippen molar-refractivity contribution in [1.82, 2.24) is 10.2 Å². The van der Waals surface area contributed by atoms with Crippen molar-refractivity contribution in [2.75, 3.05) is 13.2 Å². The fourth-order valence-electron chi connectivity index (χ4n) is 2.57. The summed E-state index contributed by atoms with van der Waals surface area (Å²) in [6.07, 6.45) is 1.47. The number of hydrogen-bond acceptors (Lipinski definition) is 8. The van der Waals surface area contributed by atoms with Crippen LogP contribution in [0, 0.1) is 6.92 Å². The number of thioether (sulfide) groups is 1. The van der Waals surface area contributed by atoms with Gasteiger partial charge in [0.15, 0.2) is 6.61 Å². The summed E-state index contributed by atoms with van der Waals surface area (Å²) in [4.78, 5) is 23.5. The van der Waals surface area contributed by atoms with Gasteiger partial charge in [0.1, 0.15) is 10.7 Å². The van der Waals surface area contributed by atoms with E-state index < -0.39 is 11.9 Å². The second-order valence-corrected chi connectivity index (χ2v) is 6.79. The Morgan fingerprint density at radius 2 is 2.00 bits per heavy atom. The van der Waals surface area contributed by atoms with Crippen molar-refractivity contribution < 1.29 is 28.6 Å². The Hall–Kier alpha value is -3.33. The molecule has 0 amide bonds. The van der Waals surface area contributed by atoms with Gasteiger partial charge < -0.3 is 19.0 Å². The first-order valence-electron chi connectivity index (χ1n) is 8.71. The number of carboxylic acids is 1. The smallest absolute Gasteiger partial charge is 0.344 e. The molecule has 1 N–H and O–H groups in total. The van der Waals surface area contributed by atoms with Crippen LogP contribution >= 0.6 is 11.8 Å². The maximum Gasteiger partial charge on any atom is 0.344 e. The summed E-state index contributed by atoms with van der Waals surface area (Å²) < 4.78 is 15.8. The van der Waals surface area contributed by atoms with Crippen molar-refractivity contribution in [3.8, 4) is 5.75 Å². The van der Waals surface area contributed by atoms with Crippen LogP contribution in [-0.2, 0) is 14.3 Å². The molecular weight excluding hydrogens is 396 g/mol. The number of aromatic nitrogens is 2. The van der Waals surface area contributed by atoms with Gasteiger partial charge in [-0.05, 0) is 41.6 Å². The lowest BCUT2D eigenvalue weighted by Crippen LogP contribution is -2.15. The maximum atomic E-state index is 11.8. The minimum atomic E-state index is -1.16. The van der Waals surface area contributed by atoms with Crippen molar-refractivity contribution in [3.05, 3.63) is 52.8 Å². The monoisotopic (exact) mass is 414 g/mol. The van der Waals surface area contributed by atoms with E-state index in [-0.39, 0.29) is 23.3 Å². The first kappa shape index (κ1) is 20.4. The number of benzene rings is 2. The second-order valence-electron chi connectivity index (χ2n) is 5.79. The molecule has 29 heavy (non-hydrogen) atoms. The molecule has 0 aliphatic rings. The zero-order chi connectivity index (χ0) is 20.8. The molecule has 3 aromatic rings. The minimum Gasteiger partial charge on any atom is -0.481 e. The predicted molar refractivity (Wildman–Crippen MR) is 107 cm³/mol. The third kappa shape index (κ3) is 5.14. The van der Waals surface area contributed by atoms with Crippen molar-refractivity contribution in [2.24, 2.45) is 0 Å². The van der Waals surface area contributed by atoms with Gasteiger partial charge in [-0.25, -0.2) is 9.59 Å². The first-order valence-corrected chi connectivity index (χ1v) is 9.52. The van der Waals surface area contributed by atoms with Crippen molar-refractivity contribution in [1.29, 1.82) is 0 Å². The van der Waals surface area contributed by atoms with Crippen LogP contribution in [0.1, 0.15) is 18.4 Å². The van der Waals surface area contributed by atoms with Crippen LogP contribution < -0.4 is 4.74 Å². The van der Waals surface area contributed by atoms with Crippen molar-refractivity contribution in [2.45, 2.75) is 19.1 Å². The number of carbonyl (C=O) groups is 2. The van der Waals surface area contributed by atoms with E-state index in [1.165, 1.54) is 6.08 Å². The van der Waals surface area contributed by atoms with Crippen LogP contribution in [-0.4, -0.2) is 40.5 Å². The van der Waals surface area contributed by atoms with Crippen LogP contribution in [0.2, 0.25) is 0 Å². The predicted octanol–water partition coefficient (Wildman–Crippen LogP) is 3.69. The van der Waals surface area contributed by atoms with E-state index >= 15 is 0 Å². The summed E-state index contributed by atoms with van der Waals surface area (Å²) in [7, 11) is 0. The Kier molecular flexibility index (Phi) is 6.50. The van der Waals surface area contributed by atoms with E-state index in [1.54, 1.807) is 19.9 Å². The molecular formula is C20H18N2O6S. The molecule has 0 atom stereocenters. The van der Waals surface area contributed by atoms with Gasteiger partial charge in [-0.15, -0.1) is 10.2 Å². The zero-order valence-corrected chi connectivity index (χ0v) is 16.6. The van der Waals surface area contributed by atoms with Gasteiger partial charge in [0, 0.05) is 12.5 Å². The molecule has 0 aliphatic heterocycles. The van der Waals surface area contributed by atoms with Gasteiger partial charge in [0.05, 0.1) is 6.61 Å². The normalized spacial score (nSPS) is 11.4. The van der Waals surface area contributed by atoms with Crippen LogP contribution in [0.3, 0.4) is 0 Å². The lowest BCUT2D eigenvalue weighted by Gasteiger charge is -2.12. The molecule has 0 fully saturated rings. The van der Waals surface area contributed by atoms with Gasteiger partial charge >= 0.3 is 11.9 Å². The molecule has 0 saturated heterocycles. The number of ether oxygens (including phenoxy) is 2. The molecule has 150 valence electrons. The highest BCUT2D eigenvalue weighted by atomic mass is 32.2. The molecule has 0 radical (unpaired) electrons. The van der Waals surface area contributed by atoms with Gasteiger partial charge in [0.2, 0.25) is 5.89 Å². The standard InChI is InChI=1S/C20H18N2O6S/c1-3-26-18(23)11-27-16-9-8-13-6-4-5-7-14(13)15(16)10-17(19(24)25)29-20-22-21-12(2)28-20/h4-10H,3,11H2,1-2H3,(H,24,25)/b17-10-. The van der Waals surface area contributed by atoms with E-state index in [1.807, 2.05) is 30.3 Å². The highest BCUT2D eigenvalue weighted by Crippen LogP contribution is 2.34. The highest BCUT2D eigenvalue weighted by Gasteiger charge is 2.17. The summed E-state index contributed by atoms with van der Waals surface area (Å²) in [5, 5.41) is 19.0. The minimum absolute atomic E-state index is 0.0361. The Balaban J connectivity index is 2.03. The molecule has 2 aromatic carbocycles. The van der Waals surface area contributed by atoms with Gasteiger partial charge in [-0.1, -0.05) is 30.3 Å². The Bertz CT molecular complexity index is 1080. The molecule has 0 saturated carbocycles. The number of nitrogens with zero attached hydrogens (tertiary/aromatic N) is 2. The number of rotatable bonds is 8. The Morgan fingerprint density at radius 1 is 1.21 bits per heavy atom. The molecule has 3 rings (SSSR count). The number of carbonyl (C=O) groups excluding carboxylic acids is 1. The highest BCUT2D eigenvalue weighted by molar-refractivity contribution is 8.03. The third-order valence-corrected chi connectivity index (χ3v) is 4.62. The van der Waals surface area contributed by atoms with E-state index in [4.69, 9.17) is 13.9 Å². The van der Waals surface area contributed by atoms with Gasteiger partial charge in [-0.2, -0.15) is 0 Å². The number of hydrogen-bond donors (Lipinski definition) is 1. The molecule has 0 aliphatic carbocycles. The lowest BCUT2D eigenvalue weighted by molar-refractivity contribution is -0.145. The molecule has 0 bridgehead atoms. The molecule has 8 nitrogen and oxygen atoms in total. The number of esters is 1. The van der Waals surface area contributed by atoms with Crippen molar-refractivity contribution >= 4 is 40.5 Å². The third-order valence-electron chi connectivity index (χ3n) is 3.77. The Morgan fingerprint density at radius 3 is 2.69 bits per heavy atom. The summed E-state index contributed by atoms with van der Waals surface area (Å²) in [5.41, 5.74) is 0.522. The molecule has 1 aromatic heterocycles. The quantitative estimate of drug-likeness (QED) is 0.335. The fraction of sp³-hybridized carbons (Fsp3) is 0.200.